The Morgan fingerprint density at radius 2 is 1.96 bits per heavy atom. The predicted octanol–water partition coefficient (Wildman–Crippen LogP) is 2.51. The molecule has 6 nitrogen and oxygen atoms in total. The molecule has 4 aliphatic carbocycles. The SMILES string of the molecule is COc1cccc(NC(=O)COC(=O)C23C[C@@H]4C[C@@H](CC(O)(C4)C2)C3)c1. The van der Waals surface area contributed by atoms with Crippen LogP contribution in [-0.4, -0.2) is 36.3 Å². The molecule has 0 spiro atoms. The van der Waals surface area contributed by atoms with E-state index in [1.807, 2.05) is 0 Å². The number of aliphatic hydroxyl groups is 1. The summed E-state index contributed by atoms with van der Waals surface area (Å²) in [6, 6.07) is 7.01. The van der Waals surface area contributed by atoms with E-state index in [2.05, 4.69) is 5.32 Å². The van der Waals surface area contributed by atoms with E-state index < -0.39 is 11.0 Å². The molecule has 4 atom stereocenters. The van der Waals surface area contributed by atoms with Crippen LogP contribution in [0, 0.1) is 17.3 Å². The summed E-state index contributed by atoms with van der Waals surface area (Å²) in [5.74, 6) is 0.737. The lowest BCUT2D eigenvalue weighted by Crippen LogP contribution is -2.58. The molecule has 140 valence electrons. The standard InChI is InChI=1S/C20H25NO5/c1-25-16-4-2-3-15(6-16)21-17(22)11-26-18(23)19-7-13-5-14(8-19)10-20(24,9-13)12-19/h2-4,6,13-14,24H,5,7-12H2,1H3,(H,21,22)/t13-,14+,19?,20?. The van der Waals surface area contributed by atoms with Gasteiger partial charge in [0.2, 0.25) is 0 Å². The van der Waals surface area contributed by atoms with Crippen molar-refractivity contribution in [1.29, 1.82) is 0 Å². The number of rotatable bonds is 5. The number of ether oxygens (including phenoxy) is 2. The van der Waals surface area contributed by atoms with Gasteiger partial charge in [-0.1, -0.05) is 6.07 Å². The zero-order valence-electron chi connectivity index (χ0n) is 15.0. The van der Waals surface area contributed by atoms with Crippen molar-refractivity contribution in [3.8, 4) is 5.75 Å². The normalized spacial score (nSPS) is 34.4. The van der Waals surface area contributed by atoms with E-state index >= 15 is 0 Å². The van der Waals surface area contributed by atoms with Gasteiger partial charge in [-0.2, -0.15) is 0 Å². The summed E-state index contributed by atoms with van der Waals surface area (Å²) in [5, 5.41) is 13.4. The lowest BCUT2D eigenvalue weighted by molar-refractivity contribution is -0.196. The lowest BCUT2D eigenvalue weighted by atomic mass is 9.48. The van der Waals surface area contributed by atoms with Crippen molar-refractivity contribution >= 4 is 17.6 Å². The van der Waals surface area contributed by atoms with Crippen molar-refractivity contribution < 1.29 is 24.2 Å². The van der Waals surface area contributed by atoms with Crippen molar-refractivity contribution in [1.82, 2.24) is 0 Å². The zero-order valence-corrected chi connectivity index (χ0v) is 15.0. The van der Waals surface area contributed by atoms with E-state index in [1.54, 1.807) is 31.4 Å². The fraction of sp³-hybridized carbons (Fsp3) is 0.600. The van der Waals surface area contributed by atoms with E-state index in [4.69, 9.17) is 9.47 Å². The maximum Gasteiger partial charge on any atom is 0.312 e. The van der Waals surface area contributed by atoms with Gasteiger partial charge in [0.05, 0.1) is 18.1 Å². The molecule has 2 N–H and O–H groups in total. The van der Waals surface area contributed by atoms with Crippen LogP contribution >= 0.6 is 0 Å². The summed E-state index contributed by atoms with van der Waals surface area (Å²) >= 11 is 0. The molecule has 26 heavy (non-hydrogen) atoms. The van der Waals surface area contributed by atoms with Gasteiger partial charge < -0.3 is 19.9 Å². The number of benzene rings is 1. The van der Waals surface area contributed by atoms with Crippen molar-refractivity contribution in [2.75, 3.05) is 19.0 Å². The van der Waals surface area contributed by atoms with Crippen LogP contribution in [0.1, 0.15) is 38.5 Å². The number of esters is 1. The van der Waals surface area contributed by atoms with Gasteiger partial charge in [0, 0.05) is 11.8 Å². The molecule has 4 saturated carbocycles. The first-order valence-electron chi connectivity index (χ1n) is 9.23. The van der Waals surface area contributed by atoms with Crippen LogP contribution in [0.5, 0.6) is 5.75 Å². The van der Waals surface area contributed by atoms with Gasteiger partial charge in [-0.15, -0.1) is 0 Å². The van der Waals surface area contributed by atoms with E-state index in [0.717, 1.165) is 32.1 Å². The fourth-order valence-corrected chi connectivity index (χ4v) is 5.64. The number of carbonyl (C=O) groups excluding carboxylic acids is 2. The van der Waals surface area contributed by atoms with Crippen LogP contribution in [0.15, 0.2) is 24.3 Å². The van der Waals surface area contributed by atoms with Gasteiger partial charge in [-0.05, 0) is 62.5 Å². The number of hydrogen-bond donors (Lipinski definition) is 2. The van der Waals surface area contributed by atoms with Crippen LogP contribution in [0.4, 0.5) is 5.69 Å². The average Bonchev–Trinajstić information content (AvgIpc) is 2.57. The van der Waals surface area contributed by atoms with Crippen LogP contribution < -0.4 is 10.1 Å². The summed E-state index contributed by atoms with van der Waals surface area (Å²) in [6.45, 7) is -0.314. The Hall–Kier alpha value is -2.08. The molecule has 4 fully saturated rings. The molecule has 5 rings (SSSR count). The molecule has 1 aromatic carbocycles. The van der Waals surface area contributed by atoms with Gasteiger partial charge in [-0.3, -0.25) is 9.59 Å². The van der Waals surface area contributed by atoms with E-state index in [0.29, 0.717) is 29.7 Å². The molecule has 1 amide bonds. The third-order valence-corrected chi connectivity index (χ3v) is 6.15. The van der Waals surface area contributed by atoms with E-state index in [1.165, 1.54) is 0 Å². The monoisotopic (exact) mass is 359 g/mol. The molecule has 1 aromatic rings. The highest BCUT2D eigenvalue weighted by Gasteiger charge is 2.60. The summed E-state index contributed by atoms with van der Waals surface area (Å²) in [6.07, 6.45) is 4.74. The molecule has 0 heterocycles. The third kappa shape index (κ3) is 3.18. The Labute approximate surface area is 152 Å². The number of amides is 1. The van der Waals surface area contributed by atoms with Gasteiger partial charge in [0.15, 0.2) is 6.61 Å². The number of nitrogens with one attached hydrogen (secondary N) is 1. The maximum atomic E-state index is 12.8. The zero-order chi connectivity index (χ0) is 18.4. The second kappa shape index (κ2) is 6.27. The molecule has 0 aromatic heterocycles. The van der Waals surface area contributed by atoms with Gasteiger partial charge in [-0.25, -0.2) is 0 Å². The number of carbonyl (C=O) groups is 2. The molecular formula is C20H25NO5. The number of anilines is 1. The Kier molecular flexibility index (Phi) is 4.18. The second-order valence-electron chi connectivity index (χ2n) is 8.32. The lowest BCUT2D eigenvalue weighted by Gasteiger charge is -2.58. The van der Waals surface area contributed by atoms with E-state index in [9.17, 15) is 14.7 Å². The first-order valence-corrected chi connectivity index (χ1v) is 9.23. The average molecular weight is 359 g/mol. The smallest absolute Gasteiger partial charge is 0.312 e. The molecule has 4 bridgehead atoms. The summed E-state index contributed by atoms with van der Waals surface area (Å²) in [4.78, 5) is 24.9. The van der Waals surface area contributed by atoms with Crippen molar-refractivity contribution in [3.63, 3.8) is 0 Å². The first-order chi connectivity index (χ1) is 12.4. The van der Waals surface area contributed by atoms with Crippen molar-refractivity contribution in [3.05, 3.63) is 24.3 Å². The molecule has 0 radical (unpaired) electrons. The minimum Gasteiger partial charge on any atom is -0.497 e. The van der Waals surface area contributed by atoms with Crippen LogP contribution in [0.2, 0.25) is 0 Å². The molecule has 2 unspecified atom stereocenters. The minimum absolute atomic E-state index is 0.314. The topological polar surface area (TPSA) is 84.9 Å². The largest absolute Gasteiger partial charge is 0.497 e. The minimum atomic E-state index is -0.716. The van der Waals surface area contributed by atoms with Gasteiger partial charge in [0.1, 0.15) is 5.75 Å². The molecule has 0 aliphatic heterocycles. The predicted molar refractivity (Wildman–Crippen MR) is 94.6 cm³/mol. The highest BCUT2D eigenvalue weighted by Crippen LogP contribution is 2.61. The summed E-state index contributed by atoms with van der Waals surface area (Å²) < 4.78 is 10.5. The third-order valence-electron chi connectivity index (χ3n) is 6.15. The van der Waals surface area contributed by atoms with Crippen molar-refractivity contribution in [2.45, 2.75) is 44.1 Å². The van der Waals surface area contributed by atoms with Gasteiger partial charge in [0.25, 0.3) is 5.91 Å². The maximum absolute atomic E-state index is 12.8. The Bertz CT molecular complexity index is 717. The Balaban J connectivity index is 1.36. The van der Waals surface area contributed by atoms with E-state index in [-0.39, 0.29) is 18.5 Å². The molecule has 0 saturated heterocycles. The molecule has 4 aliphatic rings. The molecule has 6 heteroatoms. The summed E-state index contributed by atoms with van der Waals surface area (Å²) in [7, 11) is 1.56. The summed E-state index contributed by atoms with van der Waals surface area (Å²) in [5.41, 5.74) is -0.726. The quantitative estimate of drug-likeness (QED) is 0.789. The second-order valence-corrected chi connectivity index (χ2v) is 8.32. The number of hydrogen-bond acceptors (Lipinski definition) is 5. The fourth-order valence-electron chi connectivity index (χ4n) is 5.64. The Morgan fingerprint density at radius 3 is 2.62 bits per heavy atom. The highest BCUT2D eigenvalue weighted by atomic mass is 16.5. The van der Waals surface area contributed by atoms with Crippen LogP contribution in [-0.2, 0) is 14.3 Å². The highest BCUT2D eigenvalue weighted by molar-refractivity contribution is 5.93. The van der Waals surface area contributed by atoms with Gasteiger partial charge >= 0.3 is 5.97 Å². The number of methoxy groups -OCH3 is 1. The molecular weight excluding hydrogens is 334 g/mol. The Morgan fingerprint density at radius 1 is 1.23 bits per heavy atom. The first kappa shape index (κ1) is 17.3. The van der Waals surface area contributed by atoms with Crippen LogP contribution in [0.3, 0.4) is 0 Å². The van der Waals surface area contributed by atoms with Crippen LogP contribution in [0.25, 0.3) is 0 Å². The van der Waals surface area contributed by atoms with Crippen molar-refractivity contribution in [2.24, 2.45) is 17.3 Å².